The fourth-order valence-electron chi connectivity index (χ4n) is 1.31. The predicted molar refractivity (Wildman–Crippen MR) is 75.1 cm³/mol. The average molecular weight is 243 g/mol. The van der Waals surface area contributed by atoms with E-state index in [4.69, 9.17) is 11.5 Å². The smallest absolute Gasteiger partial charge is 0.0942 e. The van der Waals surface area contributed by atoms with Gasteiger partial charge in [-0.25, -0.2) is 0 Å². The minimum Gasteiger partial charge on any atom is -0.403 e. The Morgan fingerprint density at radius 3 is 1.94 bits per heavy atom. The molecule has 1 aliphatic rings. The maximum Gasteiger partial charge on any atom is 0.0942 e. The van der Waals surface area contributed by atoms with Crippen LogP contribution in [0.5, 0.6) is 0 Å². The predicted octanol–water partition coefficient (Wildman–Crippen LogP) is 1.77. The highest BCUT2D eigenvalue weighted by molar-refractivity contribution is 4.95. The molecule has 5 N–H and O–H groups in total. The molecule has 1 rings (SSSR count). The molecular formula is C13H29N3O. The van der Waals surface area contributed by atoms with Crippen LogP contribution < -0.4 is 11.5 Å². The molecule has 0 unspecified atom stereocenters. The zero-order valence-electron chi connectivity index (χ0n) is 11.7. The molecule has 17 heavy (non-hydrogen) atoms. The lowest BCUT2D eigenvalue weighted by Crippen LogP contribution is -2.37. The van der Waals surface area contributed by atoms with Crippen molar-refractivity contribution in [3.05, 3.63) is 24.2 Å². The first-order chi connectivity index (χ1) is 7.97. The first kappa shape index (κ1) is 18.2. The van der Waals surface area contributed by atoms with Gasteiger partial charge in [0, 0.05) is 13.1 Å². The number of nitrogens with zero attached hydrogens (tertiary/aromatic N) is 1. The maximum absolute atomic E-state index is 9.19. The summed E-state index contributed by atoms with van der Waals surface area (Å²) in [6, 6.07) is 0. The number of nitrogens with two attached hydrogens (primary N) is 2. The monoisotopic (exact) mass is 243 g/mol. The van der Waals surface area contributed by atoms with E-state index in [-0.39, 0.29) is 6.10 Å². The van der Waals surface area contributed by atoms with Gasteiger partial charge >= 0.3 is 0 Å². The van der Waals surface area contributed by atoms with Gasteiger partial charge in [-0.2, -0.15) is 0 Å². The number of aliphatic hydroxyl groups excluding tert-OH is 1. The third-order valence-corrected chi connectivity index (χ3v) is 2.13. The van der Waals surface area contributed by atoms with E-state index in [0.717, 1.165) is 31.8 Å². The lowest BCUT2D eigenvalue weighted by Gasteiger charge is -2.31. The molecule has 1 heterocycles. The highest BCUT2D eigenvalue weighted by atomic mass is 16.3. The molecule has 0 radical (unpaired) electrons. The Labute approximate surface area is 106 Å². The van der Waals surface area contributed by atoms with Crippen molar-refractivity contribution in [1.29, 1.82) is 0 Å². The Bertz CT molecular complexity index is 215. The molecule has 0 aromatic heterocycles. The summed E-state index contributed by atoms with van der Waals surface area (Å²) in [7, 11) is 0. The van der Waals surface area contributed by atoms with E-state index in [1.807, 2.05) is 26.8 Å². The molecule has 0 aromatic carbocycles. The zero-order chi connectivity index (χ0) is 13.8. The zero-order valence-corrected chi connectivity index (χ0v) is 11.7. The Morgan fingerprint density at radius 1 is 1.29 bits per heavy atom. The van der Waals surface area contributed by atoms with E-state index >= 15 is 0 Å². The van der Waals surface area contributed by atoms with Gasteiger partial charge in [0.05, 0.1) is 11.9 Å². The van der Waals surface area contributed by atoms with Gasteiger partial charge in [-0.3, -0.25) is 0 Å². The van der Waals surface area contributed by atoms with Crippen LogP contribution >= 0.6 is 0 Å². The number of hydrogen-bond acceptors (Lipinski definition) is 4. The van der Waals surface area contributed by atoms with E-state index in [2.05, 4.69) is 11.5 Å². The van der Waals surface area contributed by atoms with Gasteiger partial charge in [0.25, 0.3) is 0 Å². The third-order valence-electron chi connectivity index (χ3n) is 2.13. The largest absolute Gasteiger partial charge is 0.403 e. The number of rotatable bonds is 1. The Hall–Kier alpha value is -1.16. The van der Waals surface area contributed by atoms with Gasteiger partial charge in [0.15, 0.2) is 0 Å². The average Bonchev–Trinajstić information content (AvgIpc) is 2.31. The molecule has 1 saturated heterocycles. The number of likely N-dealkylation sites (tertiary alicyclic amines) is 1. The summed E-state index contributed by atoms with van der Waals surface area (Å²) < 4.78 is 0. The molecule has 4 nitrogen and oxygen atoms in total. The summed E-state index contributed by atoms with van der Waals surface area (Å²) in [5, 5.41) is 9.19. The molecule has 0 spiro atoms. The Morgan fingerprint density at radius 2 is 1.65 bits per heavy atom. The van der Waals surface area contributed by atoms with Gasteiger partial charge in [0.2, 0.25) is 0 Å². The lowest BCUT2D eigenvalue weighted by molar-refractivity contribution is 0.0965. The van der Waals surface area contributed by atoms with Crippen LogP contribution in [0.1, 0.15) is 40.5 Å². The highest BCUT2D eigenvalue weighted by Crippen LogP contribution is 2.11. The molecule has 1 fully saturated rings. The fraction of sp³-hybridized carbons (Fsp3) is 0.692. The summed E-state index contributed by atoms with van der Waals surface area (Å²) in [5.41, 5.74) is 11.3. The van der Waals surface area contributed by atoms with E-state index < -0.39 is 0 Å². The summed E-state index contributed by atoms with van der Waals surface area (Å²) >= 11 is 0. The molecule has 1 aliphatic heterocycles. The third kappa shape index (κ3) is 11.1. The second kappa shape index (κ2) is 11.3. The van der Waals surface area contributed by atoms with Crippen molar-refractivity contribution in [3.8, 4) is 0 Å². The van der Waals surface area contributed by atoms with Crippen LogP contribution in [-0.4, -0.2) is 29.2 Å². The van der Waals surface area contributed by atoms with E-state index in [0.29, 0.717) is 5.70 Å². The summed E-state index contributed by atoms with van der Waals surface area (Å²) in [5.74, 6) is 0.830. The van der Waals surface area contributed by atoms with Crippen LogP contribution in [0.3, 0.4) is 0 Å². The van der Waals surface area contributed by atoms with Crippen molar-refractivity contribution < 1.29 is 5.11 Å². The quantitative estimate of drug-likeness (QED) is 0.656. The van der Waals surface area contributed by atoms with Gasteiger partial charge < -0.3 is 21.5 Å². The lowest BCUT2D eigenvalue weighted by atomic mass is 10.1. The fourth-order valence-corrected chi connectivity index (χ4v) is 1.31. The topological polar surface area (TPSA) is 75.5 Å². The van der Waals surface area contributed by atoms with Crippen LogP contribution in [0.4, 0.5) is 0 Å². The van der Waals surface area contributed by atoms with E-state index in [1.165, 1.54) is 0 Å². The van der Waals surface area contributed by atoms with Crippen molar-refractivity contribution in [2.45, 2.75) is 46.6 Å². The minimum absolute atomic E-state index is 0.115. The van der Waals surface area contributed by atoms with Crippen LogP contribution in [0, 0.1) is 0 Å². The Kier molecular flexibility index (Phi) is 12.1. The SMILES string of the molecule is C/C=C(\N)N1CCC(O)CC1.C=C(C)N.CC. The number of allylic oxidation sites excluding steroid dienone is 2. The summed E-state index contributed by atoms with van der Waals surface area (Å²) in [6.45, 7) is 12.8. The van der Waals surface area contributed by atoms with Crippen LogP contribution in [-0.2, 0) is 0 Å². The van der Waals surface area contributed by atoms with Crippen molar-refractivity contribution in [2.75, 3.05) is 13.1 Å². The number of piperidine rings is 1. The van der Waals surface area contributed by atoms with Crippen molar-refractivity contribution >= 4 is 0 Å². The molecule has 0 aliphatic carbocycles. The molecule has 102 valence electrons. The first-order valence-corrected chi connectivity index (χ1v) is 6.23. The molecule has 0 saturated carbocycles. The van der Waals surface area contributed by atoms with Crippen molar-refractivity contribution in [1.82, 2.24) is 4.90 Å². The maximum atomic E-state index is 9.19. The molecular weight excluding hydrogens is 214 g/mol. The van der Waals surface area contributed by atoms with Crippen LogP contribution in [0.15, 0.2) is 24.2 Å². The van der Waals surface area contributed by atoms with Gasteiger partial charge in [-0.15, -0.1) is 0 Å². The second-order valence-corrected chi connectivity index (χ2v) is 3.78. The van der Waals surface area contributed by atoms with Crippen LogP contribution in [0.2, 0.25) is 0 Å². The Balaban J connectivity index is 0. The molecule has 0 atom stereocenters. The second-order valence-electron chi connectivity index (χ2n) is 3.78. The summed E-state index contributed by atoms with van der Waals surface area (Å²) in [6.07, 6.45) is 3.47. The molecule has 0 aromatic rings. The van der Waals surface area contributed by atoms with E-state index in [1.54, 1.807) is 6.92 Å². The molecule has 0 amide bonds. The van der Waals surface area contributed by atoms with Gasteiger partial charge in [-0.1, -0.05) is 20.4 Å². The highest BCUT2D eigenvalue weighted by Gasteiger charge is 2.16. The first-order valence-electron chi connectivity index (χ1n) is 6.23. The number of aliphatic hydroxyl groups is 1. The van der Waals surface area contributed by atoms with Crippen LogP contribution in [0.25, 0.3) is 0 Å². The standard InChI is InChI=1S/C8H16N2O.C3H7N.C2H6/c1-2-8(9)10-5-3-7(11)4-6-10;1-3(2)4;1-2/h2,7,11H,3-6,9H2,1H3;1,4H2,2H3;1-2H3/b8-2+;;. The summed E-state index contributed by atoms with van der Waals surface area (Å²) in [4.78, 5) is 2.10. The normalized spacial score (nSPS) is 16.3. The minimum atomic E-state index is -0.115. The molecule has 4 heteroatoms. The van der Waals surface area contributed by atoms with Crippen molar-refractivity contribution in [3.63, 3.8) is 0 Å². The van der Waals surface area contributed by atoms with Gasteiger partial charge in [-0.05, 0) is 38.5 Å². The van der Waals surface area contributed by atoms with Crippen molar-refractivity contribution in [2.24, 2.45) is 11.5 Å². The molecule has 0 bridgehead atoms. The number of hydrogen-bond donors (Lipinski definition) is 3. The van der Waals surface area contributed by atoms with E-state index in [9.17, 15) is 5.11 Å². The van der Waals surface area contributed by atoms with Gasteiger partial charge in [0.1, 0.15) is 0 Å².